The van der Waals surface area contributed by atoms with E-state index >= 15 is 0 Å². The molecule has 3 saturated carbocycles. The van der Waals surface area contributed by atoms with Crippen LogP contribution in [0.25, 0.3) is 0 Å². The first kappa shape index (κ1) is 22.3. The summed E-state index contributed by atoms with van der Waals surface area (Å²) in [5, 5.41) is 9.29. The first-order chi connectivity index (χ1) is 13.8. The van der Waals surface area contributed by atoms with E-state index in [0.717, 1.165) is 6.42 Å². The maximum atomic E-state index is 12.9. The van der Waals surface area contributed by atoms with Crippen molar-refractivity contribution in [1.29, 1.82) is 0 Å². The van der Waals surface area contributed by atoms with Gasteiger partial charge in [0, 0.05) is 18.0 Å². The van der Waals surface area contributed by atoms with Crippen LogP contribution in [-0.4, -0.2) is 26.0 Å². The van der Waals surface area contributed by atoms with E-state index in [-0.39, 0.29) is 11.3 Å². The number of rotatable bonds is 9. The van der Waals surface area contributed by atoms with E-state index in [1.54, 1.807) is 25.1 Å². The second-order valence-corrected chi connectivity index (χ2v) is 10.6. The molecule has 0 aliphatic heterocycles. The van der Waals surface area contributed by atoms with Crippen molar-refractivity contribution in [2.24, 2.45) is 23.7 Å². The van der Waals surface area contributed by atoms with E-state index in [0.29, 0.717) is 47.2 Å². The molecule has 1 aromatic carbocycles. The molecule has 4 rings (SSSR count). The summed E-state index contributed by atoms with van der Waals surface area (Å²) in [4.78, 5) is 10.9. The molecule has 0 amide bonds. The van der Waals surface area contributed by atoms with Crippen molar-refractivity contribution in [3.05, 3.63) is 40.9 Å². The van der Waals surface area contributed by atoms with Gasteiger partial charge in [-0.15, -0.1) is 0 Å². The van der Waals surface area contributed by atoms with Crippen LogP contribution in [0.3, 0.4) is 0 Å². The van der Waals surface area contributed by atoms with Gasteiger partial charge in [-0.05, 0) is 92.9 Å². The van der Waals surface area contributed by atoms with E-state index in [1.807, 2.05) is 0 Å². The van der Waals surface area contributed by atoms with Gasteiger partial charge in [0.2, 0.25) is 10.0 Å². The number of halogens is 1. The number of nitrogens with one attached hydrogen (secondary N) is 1. The Morgan fingerprint density at radius 2 is 1.93 bits per heavy atom. The molecule has 0 radical (unpaired) electrons. The lowest BCUT2D eigenvalue weighted by molar-refractivity contribution is -0.137. The van der Waals surface area contributed by atoms with Crippen molar-refractivity contribution in [1.82, 2.24) is 4.72 Å². The molecule has 0 aromatic heterocycles. The second kappa shape index (κ2) is 9.63. The van der Waals surface area contributed by atoms with Crippen molar-refractivity contribution in [2.75, 3.05) is 6.54 Å². The third-order valence-corrected chi connectivity index (χ3v) is 8.33. The Kier molecular flexibility index (Phi) is 7.41. The molecule has 1 aromatic rings. The number of carbonyl (C=O) groups is 1. The van der Waals surface area contributed by atoms with Gasteiger partial charge in [0.05, 0.1) is 4.90 Å². The van der Waals surface area contributed by atoms with Crippen LogP contribution >= 0.6 is 11.6 Å². The van der Waals surface area contributed by atoms with Gasteiger partial charge in [0.25, 0.3) is 0 Å². The number of benzene rings is 1. The monoisotopic (exact) mass is 439 g/mol. The molecule has 3 aliphatic rings. The molecule has 0 saturated heterocycles. The van der Waals surface area contributed by atoms with E-state index < -0.39 is 16.0 Å². The van der Waals surface area contributed by atoms with Crippen molar-refractivity contribution in [3.63, 3.8) is 0 Å². The van der Waals surface area contributed by atoms with Gasteiger partial charge in [-0.3, -0.25) is 4.79 Å². The van der Waals surface area contributed by atoms with Gasteiger partial charge in [0.15, 0.2) is 0 Å². The predicted octanol–water partition coefficient (Wildman–Crippen LogP) is 4.79. The largest absolute Gasteiger partial charge is 0.481 e. The number of allylic oxidation sites excluding steroid dienone is 2. The van der Waals surface area contributed by atoms with Crippen LogP contribution in [0.5, 0.6) is 0 Å². The minimum atomic E-state index is -3.58. The van der Waals surface area contributed by atoms with E-state index in [2.05, 4.69) is 16.9 Å². The molecule has 160 valence electrons. The third-order valence-electron chi connectivity index (χ3n) is 6.52. The van der Waals surface area contributed by atoms with Crippen molar-refractivity contribution >= 4 is 27.6 Å². The summed E-state index contributed by atoms with van der Waals surface area (Å²) in [6, 6.07) is 4.84. The topological polar surface area (TPSA) is 83.5 Å². The zero-order chi connectivity index (χ0) is 21.0. The number of aliphatic carboxylic acids is 1. The Hall–Kier alpha value is -1.37. The van der Waals surface area contributed by atoms with Crippen molar-refractivity contribution in [3.8, 4) is 0 Å². The fourth-order valence-corrected chi connectivity index (χ4v) is 6.57. The molecule has 2 N–H and O–H groups in total. The van der Waals surface area contributed by atoms with Gasteiger partial charge in [-0.1, -0.05) is 23.8 Å². The van der Waals surface area contributed by atoms with E-state index in [9.17, 15) is 13.2 Å². The molecule has 0 heterocycles. The Bertz CT molecular complexity index is 860. The first-order valence-corrected chi connectivity index (χ1v) is 12.3. The number of hydrogen-bond donors (Lipinski definition) is 2. The van der Waals surface area contributed by atoms with Gasteiger partial charge in [-0.25, -0.2) is 13.1 Å². The number of carboxylic acid groups (broad SMARTS) is 1. The molecular formula is C22H30ClNO4S. The molecule has 3 fully saturated rings. The third kappa shape index (κ3) is 5.62. The molecule has 7 heteroatoms. The maximum Gasteiger partial charge on any atom is 0.303 e. The normalized spacial score (nSPS) is 26.8. The smallest absolute Gasteiger partial charge is 0.303 e. The van der Waals surface area contributed by atoms with Crippen LogP contribution in [0.15, 0.2) is 35.2 Å². The summed E-state index contributed by atoms with van der Waals surface area (Å²) < 4.78 is 28.6. The molecule has 5 nitrogen and oxygen atoms in total. The number of aryl methyl sites for hydroxylation is 1. The molecular weight excluding hydrogens is 410 g/mol. The number of sulfonamides is 1. The number of unbranched alkanes of at least 4 members (excludes halogenated alkanes) is 1. The molecule has 0 spiro atoms. The van der Waals surface area contributed by atoms with Crippen LogP contribution in [0.4, 0.5) is 0 Å². The van der Waals surface area contributed by atoms with E-state index in [1.165, 1.54) is 25.7 Å². The molecule has 29 heavy (non-hydrogen) atoms. The number of hydrogen-bond acceptors (Lipinski definition) is 3. The summed E-state index contributed by atoms with van der Waals surface area (Å²) in [5.74, 6) is 1.03. The Balaban J connectivity index is 1.66. The van der Waals surface area contributed by atoms with Crippen LogP contribution in [0.2, 0.25) is 5.02 Å². The summed E-state index contributed by atoms with van der Waals surface area (Å²) in [5.41, 5.74) is 0.644. The number of carboxylic acids is 1. The maximum absolute atomic E-state index is 12.9. The lowest BCUT2D eigenvalue weighted by Gasteiger charge is -2.48. The van der Waals surface area contributed by atoms with Gasteiger partial charge >= 0.3 is 5.97 Å². The molecule has 3 aliphatic carbocycles. The SMILES string of the molecule is Cc1cc(Cl)ccc1S(=O)(=O)NC[C@H]1C2CCC(CC2)[C@@H]1C=CCCCC(=O)O. The summed E-state index contributed by atoms with van der Waals surface area (Å²) >= 11 is 5.96. The van der Waals surface area contributed by atoms with E-state index in [4.69, 9.17) is 16.7 Å². The van der Waals surface area contributed by atoms with Crippen LogP contribution in [0.1, 0.15) is 50.5 Å². The van der Waals surface area contributed by atoms with Crippen LogP contribution in [-0.2, 0) is 14.8 Å². The Morgan fingerprint density at radius 1 is 1.24 bits per heavy atom. The highest BCUT2D eigenvalue weighted by molar-refractivity contribution is 7.89. The summed E-state index contributed by atoms with van der Waals surface area (Å²) in [6.45, 7) is 2.20. The highest BCUT2D eigenvalue weighted by Gasteiger charge is 2.42. The second-order valence-electron chi connectivity index (χ2n) is 8.39. The zero-order valence-electron chi connectivity index (χ0n) is 16.8. The van der Waals surface area contributed by atoms with Gasteiger partial charge in [-0.2, -0.15) is 0 Å². The Labute approximate surface area is 178 Å². The van der Waals surface area contributed by atoms with Gasteiger partial charge < -0.3 is 5.11 Å². The number of fused-ring (bicyclic) bond motifs is 3. The lowest BCUT2D eigenvalue weighted by Crippen LogP contribution is -2.45. The highest BCUT2D eigenvalue weighted by Crippen LogP contribution is 2.49. The predicted molar refractivity (Wildman–Crippen MR) is 114 cm³/mol. The molecule has 2 atom stereocenters. The standard InChI is InChI=1S/C22H30ClNO4S/c1-15-13-18(23)11-12-21(15)29(27,28)24-14-20-17-9-7-16(8-10-17)19(20)5-3-2-4-6-22(25)26/h3,5,11-13,16-17,19-20,24H,2,4,6-10,14H2,1H3,(H,25,26)/t16?,17?,19-,20-/m0/s1. The minimum Gasteiger partial charge on any atom is -0.481 e. The average Bonchev–Trinajstić information content (AvgIpc) is 2.67. The van der Waals surface area contributed by atoms with Crippen molar-refractivity contribution < 1.29 is 18.3 Å². The van der Waals surface area contributed by atoms with Gasteiger partial charge in [0.1, 0.15) is 0 Å². The fourth-order valence-electron chi connectivity index (χ4n) is 5.05. The average molecular weight is 440 g/mol. The first-order valence-electron chi connectivity index (χ1n) is 10.4. The fraction of sp³-hybridized carbons (Fsp3) is 0.591. The molecule has 2 bridgehead atoms. The summed E-state index contributed by atoms with van der Waals surface area (Å²) in [7, 11) is -3.58. The lowest BCUT2D eigenvalue weighted by atomic mass is 9.58. The summed E-state index contributed by atoms with van der Waals surface area (Å²) in [6.07, 6.45) is 10.6. The molecule has 0 unspecified atom stereocenters. The van der Waals surface area contributed by atoms with Crippen LogP contribution in [0, 0.1) is 30.6 Å². The minimum absolute atomic E-state index is 0.185. The zero-order valence-corrected chi connectivity index (χ0v) is 18.4. The van der Waals surface area contributed by atoms with Crippen molar-refractivity contribution in [2.45, 2.75) is 56.8 Å². The van der Waals surface area contributed by atoms with Crippen LogP contribution < -0.4 is 4.72 Å². The Morgan fingerprint density at radius 3 is 2.59 bits per heavy atom. The quantitative estimate of drug-likeness (QED) is 0.428. The highest BCUT2D eigenvalue weighted by atomic mass is 35.5.